The van der Waals surface area contributed by atoms with Gasteiger partial charge in [0.15, 0.2) is 0 Å². The van der Waals surface area contributed by atoms with E-state index in [1.54, 1.807) is 0 Å². The number of carboxylic acid groups (broad SMARTS) is 1. The normalized spacial score (nSPS) is 11.2. The lowest BCUT2D eigenvalue weighted by Crippen LogP contribution is -2.50. The van der Waals surface area contributed by atoms with Crippen LogP contribution in [-0.4, -0.2) is 47.6 Å². The van der Waals surface area contributed by atoms with Crippen molar-refractivity contribution in [3.05, 3.63) is 41.5 Å². The molecule has 0 fully saturated rings. The van der Waals surface area contributed by atoms with E-state index in [1.807, 2.05) is 32.0 Å². The van der Waals surface area contributed by atoms with Crippen LogP contribution in [0.2, 0.25) is 0 Å². The van der Waals surface area contributed by atoms with Crippen molar-refractivity contribution >= 4 is 17.6 Å². The number of amides is 1. The summed E-state index contributed by atoms with van der Waals surface area (Å²) < 4.78 is 1.42. The molecule has 0 bridgehead atoms. The molecule has 0 saturated heterocycles. The van der Waals surface area contributed by atoms with Gasteiger partial charge in [-0.1, -0.05) is 71.6 Å². The Morgan fingerprint density at radius 2 is 1.18 bits per heavy atom. The topological polar surface area (TPSA) is 66.4 Å². The number of carbonyl (C=O) groups excluding carboxylic acids is 1. The molecule has 5 heteroatoms. The van der Waals surface area contributed by atoms with Crippen LogP contribution in [0.1, 0.15) is 90.2 Å². The molecule has 1 aromatic rings. The minimum atomic E-state index is -1.14. The molecule has 1 rings (SSSR count). The molecule has 188 valence electrons. The molecule has 0 aliphatic rings. The Bertz CT molecular complexity index is 655. The summed E-state index contributed by atoms with van der Waals surface area (Å²) in [4.78, 5) is 21.6. The van der Waals surface area contributed by atoms with Crippen LogP contribution in [0.4, 0.5) is 5.69 Å². The lowest BCUT2D eigenvalue weighted by atomic mass is 10.1. The highest BCUT2D eigenvalue weighted by Crippen LogP contribution is 2.19. The Morgan fingerprint density at radius 1 is 0.788 bits per heavy atom. The molecular formula is C28H49N2O3+. The van der Waals surface area contributed by atoms with Gasteiger partial charge in [0.1, 0.15) is 0 Å². The second-order valence-electron chi connectivity index (χ2n) is 9.08. The number of hydrogen-bond acceptors (Lipinski definition) is 2. The fraction of sp³-hybridized carbons (Fsp3) is 0.643. The fourth-order valence-electron chi connectivity index (χ4n) is 3.97. The number of carboxylic acids is 1. The second-order valence-corrected chi connectivity index (χ2v) is 9.08. The number of nitrogens with zero attached hydrogens (tertiary/aromatic N) is 1. The average Bonchev–Trinajstić information content (AvgIpc) is 2.79. The number of carbonyl (C=O) groups is 2. The Balaban J connectivity index is 0.000000621. The van der Waals surface area contributed by atoms with Gasteiger partial charge >= 0.3 is 5.97 Å². The van der Waals surface area contributed by atoms with Crippen LogP contribution in [-0.2, 0) is 9.59 Å². The van der Waals surface area contributed by atoms with E-state index in [-0.39, 0.29) is 0 Å². The molecule has 0 aliphatic heterocycles. The van der Waals surface area contributed by atoms with Crippen molar-refractivity contribution in [2.45, 2.75) is 92.9 Å². The molecule has 1 aromatic carbocycles. The number of nitrogens with one attached hydrogen (secondary N) is 1. The third kappa shape index (κ3) is 13.9. The predicted octanol–water partition coefficient (Wildman–Crippen LogP) is 6.89. The smallest absolute Gasteiger partial charge is 0.328 e. The first kappa shape index (κ1) is 30.9. The first-order valence-electron chi connectivity index (χ1n) is 12.9. The molecule has 33 heavy (non-hydrogen) atoms. The fourth-order valence-corrected chi connectivity index (χ4v) is 3.97. The summed E-state index contributed by atoms with van der Waals surface area (Å²) in [6.45, 7) is 18.8. The molecule has 1 amide bonds. The van der Waals surface area contributed by atoms with Gasteiger partial charge in [0.2, 0.25) is 5.91 Å². The maximum absolute atomic E-state index is 11.4. The zero-order valence-corrected chi connectivity index (χ0v) is 22.1. The van der Waals surface area contributed by atoms with E-state index >= 15 is 0 Å². The van der Waals surface area contributed by atoms with Gasteiger partial charge < -0.3 is 14.9 Å². The van der Waals surface area contributed by atoms with Gasteiger partial charge in [0, 0.05) is 17.8 Å². The number of unbranched alkanes of at least 4 members (excludes halogenated alkanes) is 4. The van der Waals surface area contributed by atoms with Crippen molar-refractivity contribution in [2.24, 2.45) is 0 Å². The van der Waals surface area contributed by atoms with E-state index in [2.05, 4.69) is 33.0 Å². The van der Waals surface area contributed by atoms with Crippen LogP contribution in [0.3, 0.4) is 0 Å². The lowest BCUT2D eigenvalue weighted by molar-refractivity contribution is -0.929. The molecule has 0 heterocycles. The first-order chi connectivity index (χ1) is 15.7. The number of anilines is 1. The van der Waals surface area contributed by atoms with Crippen molar-refractivity contribution in [1.29, 1.82) is 0 Å². The molecular weight excluding hydrogens is 412 g/mol. The molecule has 0 aromatic heterocycles. The maximum Gasteiger partial charge on any atom is 0.328 e. The van der Waals surface area contributed by atoms with Crippen molar-refractivity contribution in [3.8, 4) is 0 Å². The van der Waals surface area contributed by atoms with Crippen LogP contribution >= 0.6 is 0 Å². The standard InChI is InChI=1S/C16H36N.C12H13NO3/c1-5-9-13-17(14-10-6-2,15-11-7-3)16-12-8-4;1-8-4-3-5-9(2)12(8)13-10(14)6-7-11(15)16/h5-16H2,1-4H3;3-7H,1-2H3,(H,13,14)(H,15,16)/q+1;. The van der Waals surface area contributed by atoms with Crippen molar-refractivity contribution < 1.29 is 19.2 Å². The molecule has 2 N–H and O–H groups in total. The maximum atomic E-state index is 11.4. The van der Waals surface area contributed by atoms with Crippen LogP contribution in [0.15, 0.2) is 30.4 Å². The second kappa shape index (κ2) is 18.3. The first-order valence-corrected chi connectivity index (χ1v) is 12.9. The summed E-state index contributed by atoms with van der Waals surface area (Å²) in [7, 11) is 0. The number of benzene rings is 1. The molecule has 0 atom stereocenters. The van der Waals surface area contributed by atoms with Gasteiger partial charge in [-0.2, -0.15) is 0 Å². The summed E-state index contributed by atoms with van der Waals surface area (Å²) in [5.74, 6) is -1.59. The van der Waals surface area contributed by atoms with Gasteiger partial charge in [0.05, 0.1) is 26.2 Å². The predicted molar refractivity (Wildman–Crippen MR) is 141 cm³/mol. The Hall–Kier alpha value is -2.14. The summed E-state index contributed by atoms with van der Waals surface area (Å²) in [5, 5.41) is 11.0. The third-order valence-corrected chi connectivity index (χ3v) is 6.05. The largest absolute Gasteiger partial charge is 0.478 e. The van der Waals surface area contributed by atoms with Gasteiger partial charge in [0.25, 0.3) is 0 Å². The minimum Gasteiger partial charge on any atom is -0.478 e. The highest BCUT2D eigenvalue weighted by atomic mass is 16.4. The summed E-state index contributed by atoms with van der Waals surface area (Å²) in [5.41, 5.74) is 2.61. The Labute approximate surface area is 202 Å². The van der Waals surface area contributed by atoms with Crippen molar-refractivity contribution in [1.82, 2.24) is 0 Å². The van der Waals surface area contributed by atoms with Gasteiger partial charge in [-0.3, -0.25) is 4.79 Å². The quantitative estimate of drug-likeness (QED) is 0.221. The van der Waals surface area contributed by atoms with Gasteiger partial charge in [-0.25, -0.2) is 4.79 Å². The minimum absolute atomic E-state index is 0.445. The van der Waals surface area contributed by atoms with Crippen LogP contribution in [0, 0.1) is 13.8 Å². The number of aliphatic carboxylic acids is 1. The summed E-state index contributed by atoms with van der Waals surface area (Å²) in [6.07, 6.45) is 12.9. The Morgan fingerprint density at radius 3 is 1.52 bits per heavy atom. The number of para-hydroxylation sites is 1. The number of aryl methyl sites for hydroxylation is 2. The van der Waals surface area contributed by atoms with E-state index in [9.17, 15) is 9.59 Å². The van der Waals surface area contributed by atoms with Crippen LogP contribution in [0.25, 0.3) is 0 Å². The summed E-state index contributed by atoms with van der Waals surface area (Å²) in [6, 6.07) is 5.65. The zero-order chi connectivity index (χ0) is 25.1. The third-order valence-electron chi connectivity index (χ3n) is 6.05. The molecule has 0 saturated carbocycles. The highest BCUT2D eigenvalue weighted by Gasteiger charge is 2.24. The van der Waals surface area contributed by atoms with E-state index in [1.165, 1.54) is 82.0 Å². The molecule has 0 aliphatic carbocycles. The number of hydrogen-bond donors (Lipinski definition) is 2. The summed E-state index contributed by atoms with van der Waals surface area (Å²) >= 11 is 0. The van der Waals surface area contributed by atoms with E-state index < -0.39 is 11.9 Å². The Kier molecular flexibility index (Phi) is 17.1. The van der Waals surface area contributed by atoms with Gasteiger partial charge in [-0.15, -0.1) is 0 Å². The number of quaternary nitrogens is 1. The molecule has 0 spiro atoms. The van der Waals surface area contributed by atoms with Crippen molar-refractivity contribution in [3.63, 3.8) is 0 Å². The van der Waals surface area contributed by atoms with Gasteiger partial charge in [-0.05, 0) is 50.7 Å². The van der Waals surface area contributed by atoms with E-state index in [0.29, 0.717) is 0 Å². The van der Waals surface area contributed by atoms with Crippen molar-refractivity contribution in [2.75, 3.05) is 31.5 Å². The highest BCUT2D eigenvalue weighted by molar-refractivity contribution is 6.03. The lowest BCUT2D eigenvalue weighted by Gasteiger charge is -2.39. The monoisotopic (exact) mass is 461 g/mol. The van der Waals surface area contributed by atoms with Crippen LogP contribution < -0.4 is 5.32 Å². The average molecular weight is 462 g/mol. The SMILES string of the molecule is CCCC[N+](CCCC)(CCCC)CCCC.Cc1cccc(C)c1NC(=O)C=CC(=O)O. The molecule has 5 nitrogen and oxygen atoms in total. The molecule has 0 radical (unpaired) electrons. The number of rotatable bonds is 15. The van der Waals surface area contributed by atoms with E-state index in [0.717, 1.165) is 29.0 Å². The van der Waals surface area contributed by atoms with E-state index in [4.69, 9.17) is 5.11 Å². The molecule has 0 unspecified atom stereocenters. The zero-order valence-electron chi connectivity index (χ0n) is 22.1. The van der Waals surface area contributed by atoms with Crippen LogP contribution in [0.5, 0.6) is 0 Å².